The summed E-state index contributed by atoms with van der Waals surface area (Å²) in [5.74, 6) is -0.0765. The van der Waals surface area contributed by atoms with Gasteiger partial charge in [-0.25, -0.2) is 9.97 Å². The minimum absolute atomic E-state index is 0.0566. The van der Waals surface area contributed by atoms with Crippen LogP contribution < -0.4 is 26.0 Å². The number of piperazine rings is 1. The number of pyridine rings is 1. The number of ether oxygens (including phenoxy) is 1. The van der Waals surface area contributed by atoms with E-state index in [1.165, 1.54) is 21.9 Å². The Balaban J connectivity index is 1.08. The maximum Gasteiger partial charge on any atom is 0.293 e. The number of carbonyl (C=O) groups is 2. The zero-order valence-corrected chi connectivity index (χ0v) is 32.0. The topological polar surface area (TPSA) is 150 Å². The van der Waals surface area contributed by atoms with Gasteiger partial charge < -0.3 is 34.5 Å². The number of amides is 2. The molecule has 14 nitrogen and oxygen atoms in total. The summed E-state index contributed by atoms with van der Waals surface area (Å²) in [5.41, 5.74) is 6.32. The lowest BCUT2D eigenvalue weighted by Gasteiger charge is -2.43. The van der Waals surface area contributed by atoms with Gasteiger partial charge in [0, 0.05) is 93.4 Å². The number of carbonyl (C=O) groups excluding carboxylic acids is 2. The van der Waals surface area contributed by atoms with Gasteiger partial charge in [0.05, 0.1) is 30.3 Å². The molecule has 3 aliphatic heterocycles. The second-order valence-electron chi connectivity index (χ2n) is 15.9. The van der Waals surface area contributed by atoms with E-state index in [1.54, 1.807) is 36.5 Å². The van der Waals surface area contributed by atoms with Crippen molar-refractivity contribution < 1.29 is 19.4 Å². The van der Waals surface area contributed by atoms with E-state index in [2.05, 4.69) is 57.3 Å². The number of nitrogens with zero attached hydrogens (tertiary/aromatic N) is 7. The molecule has 4 aromatic rings. The largest absolute Gasteiger partial charge is 0.392 e. The van der Waals surface area contributed by atoms with Gasteiger partial charge in [-0.15, -0.1) is 0 Å². The van der Waals surface area contributed by atoms with Gasteiger partial charge >= 0.3 is 0 Å². The van der Waals surface area contributed by atoms with E-state index in [0.717, 1.165) is 57.8 Å². The predicted octanol–water partition coefficient (Wildman–Crippen LogP) is 4.09. The highest BCUT2D eigenvalue weighted by Crippen LogP contribution is 2.40. The van der Waals surface area contributed by atoms with Crippen LogP contribution >= 0.6 is 0 Å². The predicted molar refractivity (Wildman–Crippen MR) is 212 cm³/mol. The van der Waals surface area contributed by atoms with Crippen molar-refractivity contribution in [1.29, 1.82) is 0 Å². The Morgan fingerprint density at radius 1 is 1.13 bits per heavy atom. The van der Waals surface area contributed by atoms with E-state index in [4.69, 9.17) is 9.72 Å². The third-order valence-corrected chi connectivity index (χ3v) is 11.5. The van der Waals surface area contributed by atoms with Crippen LogP contribution in [0.1, 0.15) is 54.5 Å². The first-order valence-electron chi connectivity index (χ1n) is 19.1. The molecule has 2 fully saturated rings. The smallest absolute Gasteiger partial charge is 0.293 e. The van der Waals surface area contributed by atoms with E-state index < -0.39 is 6.61 Å². The van der Waals surface area contributed by atoms with Crippen molar-refractivity contribution >= 4 is 40.5 Å². The molecule has 4 aliphatic rings. The fourth-order valence-corrected chi connectivity index (χ4v) is 8.81. The Hall–Kier alpha value is -5.31. The molecule has 288 valence electrons. The zero-order valence-electron chi connectivity index (χ0n) is 32.0. The van der Waals surface area contributed by atoms with Gasteiger partial charge in [-0.1, -0.05) is 20.4 Å². The number of aliphatic hydroxyl groups is 1. The van der Waals surface area contributed by atoms with Crippen LogP contribution in [0.25, 0.3) is 11.3 Å². The number of aryl methyl sites for hydroxylation is 1. The van der Waals surface area contributed by atoms with Crippen LogP contribution in [0, 0.1) is 5.41 Å². The minimum Gasteiger partial charge on any atom is -0.392 e. The molecular formula is C41H49N9O5. The highest BCUT2D eigenvalue weighted by Gasteiger charge is 2.38. The van der Waals surface area contributed by atoms with Crippen molar-refractivity contribution in [3.8, 4) is 11.3 Å². The SMILES string of the molecule is C=CC(=O)Nc1cc(Nc2nc(-c3ccnc(N4CCn5c(cc6c5CC(C)(C)C6)C4=O)c3CO)cn(C)c2=O)ccc1N1CCN(C2CCOC2)C[C@@H]1C. The first kappa shape index (κ1) is 36.7. The Kier molecular flexibility index (Phi) is 9.60. The van der Waals surface area contributed by atoms with Gasteiger partial charge in [0.25, 0.3) is 11.5 Å². The van der Waals surface area contributed by atoms with E-state index >= 15 is 0 Å². The standard InChI is InChI=1S/C41H49N9O5/c1-6-36(52)44-31-18-27(7-8-33(31)48-13-12-47(21-25(48)2)28-10-16-55-24-28)43-37-40(54)46(5)22-32(45-37)29-9-11-42-38(30(29)23-51)50-15-14-49-34(39(50)53)17-26-19-41(3,4)20-35(26)49/h6-9,11,17-18,22,25,28,51H,1,10,12-16,19-21,23-24H2,2-5H3,(H,43,45)(H,44,52)/t25-,28?/m0/s1. The Morgan fingerprint density at radius 2 is 1.96 bits per heavy atom. The lowest BCUT2D eigenvalue weighted by atomic mass is 9.90. The monoisotopic (exact) mass is 747 g/mol. The lowest BCUT2D eigenvalue weighted by molar-refractivity contribution is -0.111. The number of rotatable bonds is 9. The maximum absolute atomic E-state index is 14.0. The summed E-state index contributed by atoms with van der Waals surface area (Å²) >= 11 is 0. The summed E-state index contributed by atoms with van der Waals surface area (Å²) in [5, 5.41) is 16.9. The molecule has 0 saturated carbocycles. The van der Waals surface area contributed by atoms with Crippen LogP contribution in [0.5, 0.6) is 0 Å². The van der Waals surface area contributed by atoms with Crippen molar-refractivity contribution in [2.75, 3.05) is 59.8 Å². The number of hydrogen-bond donors (Lipinski definition) is 3. The maximum atomic E-state index is 14.0. The highest BCUT2D eigenvalue weighted by atomic mass is 16.5. The van der Waals surface area contributed by atoms with Gasteiger partial charge in [-0.05, 0) is 73.6 Å². The summed E-state index contributed by atoms with van der Waals surface area (Å²) in [4.78, 5) is 55.8. The average Bonchev–Trinajstić information content (AvgIpc) is 3.89. The lowest BCUT2D eigenvalue weighted by Crippen LogP contribution is -2.55. The number of nitrogens with one attached hydrogen (secondary N) is 2. The molecule has 14 heteroatoms. The third-order valence-electron chi connectivity index (χ3n) is 11.5. The Labute approximate surface area is 320 Å². The highest BCUT2D eigenvalue weighted by molar-refractivity contribution is 6.06. The molecule has 2 saturated heterocycles. The van der Waals surface area contributed by atoms with Gasteiger partial charge in [0.15, 0.2) is 5.82 Å². The van der Waals surface area contributed by atoms with Crippen molar-refractivity contribution in [2.24, 2.45) is 12.5 Å². The van der Waals surface area contributed by atoms with Crippen LogP contribution in [0.3, 0.4) is 0 Å². The Bertz CT molecular complexity index is 2240. The summed E-state index contributed by atoms with van der Waals surface area (Å²) in [6, 6.07) is 9.98. The second kappa shape index (κ2) is 14.4. The molecule has 1 unspecified atom stereocenters. The van der Waals surface area contributed by atoms with Crippen LogP contribution in [0.2, 0.25) is 0 Å². The molecule has 3 N–H and O–H groups in total. The van der Waals surface area contributed by atoms with E-state index in [0.29, 0.717) is 58.8 Å². The number of aliphatic hydroxyl groups excluding tert-OH is 1. The van der Waals surface area contributed by atoms with Gasteiger partial charge in [-0.3, -0.25) is 24.2 Å². The second-order valence-corrected chi connectivity index (χ2v) is 15.9. The zero-order chi connectivity index (χ0) is 38.6. The summed E-state index contributed by atoms with van der Waals surface area (Å²) < 4.78 is 9.21. The Morgan fingerprint density at radius 3 is 2.71 bits per heavy atom. The minimum atomic E-state index is -0.393. The molecule has 8 rings (SSSR count). The summed E-state index contributed by atoms with van der Waals surface area (Å²) in [6.45, 7) is 15.1. The quantitative estimate of drug-likeness (QED) is 0.214. The van der Waals surface area contributed by atoms with Crippen LogP contribution in [0.15, 0.2) is 60.2 Å². The van der Waals surface area contributed by atoms with Crippen molar-refractivity contribution in [3.05, 3.63) is 88.2 Å². The molecule has 0 radical (unpaired) electrons. The number of hydrogen-bond acceptors (Lipinski definition) is 10. The molecule has 0 spiro atoms. The molecule has 1 aliphatic carbocycles. The van der Waals surface area contributed by atoms with Gasteiger partial charge in [0.1, 0.15) is 11.5 Å². The van der Waals surface area contributed by atoms with E-state index in [1.807, 2.05) is 18.2 Å². The molecule has 0 bridgehead atoms. The van der Waals surface area contributed by atoms with Crippen molar-refractivity contribution in [3.63, 3.8) is 0 Å². The first-order valence-corrected chi connectivity index (χ1v) is 19.1. The number of benzene rings is 1. The van der Waals surface area contributed by atoms with Crippen molar-refractivity contribution in [2.45, 2.75) is 65.3 Å². The van der Waals surface area contributed by atoms with E-state index in [9.17, 15) is 19.5 Å². The number of aromatic nitrogens is 4. The third kappa shape index (κ3) is 6.83. The summed E-state index contributed by atoms with van der Waals surface area (Å²) in [6.07, 6.45) is 7.35. The van der Waals surface area contributed by atoms with Gasteiger partial charge in [0.2, 0.25) is 5.91 Å². The number of anilines is 5. The fraction of sp³-hybridized carbons (Fsp3) is 0.439. The molecular weight excluding hydrogens is 699 g/mol. The average molecular weight is 748 g/mol. The molecule has 3 aromatic heterocycles. The van der Waals surface area contributed by atoms with Crippen LogP contribution in [-0.2, 0) is 42.6 Å². The number of fused-ring (bicyclic) bond motifs is 3. The molecule has 2 amide bonds. The summed E-state index contributed by atoms with van der Waals surface area (Å²) in [7, 11) is 1.64. The fourth-order valence-electron chi connectivity index (χ4n) is 8.81. The molecule has 55 heavy (non-hydrogen) atoms. The van der Waals surface area contributed by atoms with Crippen LogP contribution in [0.4, 0.5) is 28.7 Å². The van der Waals surface area contributed by atoms with Crippen molar-refractivity contribution in [1.82, 2.24) is 24.0 Å². The van der Waals surface area contributed by atoms with E-state index in [-0.39, 0.29) is 34.6 Å². The molecule has 2 atom stereocenters. The van der Waals surface area contributed by atoms with Gasteiger partial charge in [-0.2, -0.15) is 0 Å². The molecule has 1 aromatic carbocycles. The van der Waals surface area contributed by atoms with Crippen LogP contribution in [-0.4, -0.2) is 92.4 Å². The normalized spacial score (nSPS) is 20.7. The molecule has 6 heterocycles. The first-order chi connectivity index (χ1) is 26.4.